The molecule has 0 bridgehead atoms. The number of likely N-dealkylation sites (tertiary alicyclic amines) is 1. The first-order valence-corrected chi connectivity index (χ1v) is 10.0. The molecule has 0 atom stereocenters. The first kappa shape index (κ1) is 16.8. The van der Waals surface area contributed by atoms with E-state index in [4.69, 9.17) is 4.74 Å². The summed E-state index contributed by atoms with van der Waals surface area (Å²) in [7, 11) is 1.64. The Morgan fingerprint density at radius 1 is 1.20 bits per heavy atom. The van der Waals surface area contributed by atoms with Gasteiger partial charge in [0, 0.05) is 24.7 Å². The molecule has 1 aliphatic carbocycles. The number of thioether (sulfide) groups is 1. The van der Waals surface area contributed by atoms with Crippen LogP contribution in [0.1, 0.15) is 32.1 Å². The zero-order chi connectivity index (χ0) is 17.4. The molecule has 134 valence electrons. The summed E-state index contributed by atoms with van der Waals surface area (Å²) in [6, 6.07) is 7.70. The zero-order valence-electron chi connectivity index (χ0n) is 14.6. The lowest BCUT2D eigenvalue weighted by Gasteiger charge is -2.45. The topological polar surface area (TPSA) is 49.9 Å². The van der Waals surface area contributed by atoms with Gasteiger partial charge >= 0.3 is 0 Å². The van der Waals surface area contributed by atoms with Crippen molar-refractivity contribution in [3.05, 3.63) is 24.3 Å². The Hall–Kier alpha value is -1.69. The lowest BCUT2D eigenvalue weighted by molar-refractivity contribution is -0.139. The monoisotopic (exact) mass is 360 g/mol. The van der Waals surface area contributed by atoms with Crippen LogP contribution in [0.25, 0.3) is 0 Å². The normalized spacial score (nSPS) is 23.0. The number of amides is 2. The largest absolute Gasteiger partial charge is 0.497 e. The highest BCUT2D eigenvalue weighted by molar-refractivity contribution is 8.02. The minimum atomic E-state index is -0.206. The third-order valence-electron chi connectivity index (χ3n) is 5.76. The summed E-state index contributed by atoms with van der Waals surface area (Å²) >= 11 is 1.74. The standard InChI is InChI=1S/C19H24N2O3S/c1-24-16-7-5-15(6-8-16)21-17(22)13-25-19(21)9-11-20(12-10-19)18(23)14-3-2-4-14/h5-8,14H,2-4,9-13H2,1H3. The smallest absolute Gasteiger partial charge is 0.238 e. The minimum Gasteiger partial charge on any atom is -0.497 e. The molecule has 2 saturated heterocycles. The molecule has 2 heterocycles. The molecule has 1 aromatic rings. The summed E-state index contributed by atoms with van der Waals surface area (Å²) in [6.45, 7) is 1.50. The van der Waals surface area contributed by atoms with Crippen molar-refractivity contribution >= 4 is 29.3 Å². The fourth-order valence-electron chi connectivity index (χ4n) is 4.02. The van der Waals surface area contributed by atoms with Crippen LogP contribution in [0.15, 0.2) is 24.3 Å². The van der Waals surface area contributed by atoms with Crippen LogP contribution in [0, 0.1) is 5.92 Å². The number of hydrogen-bond donors (Lipinski definition) is 0. The molecule has 2 aliphatic heterocycles. The van der Waals surface area contributed by atoms with Crippen LogP contribution in [0.5, 0.6) is 5.75 Å². The van der Waals surface area contributed by atoms with E-state index < -0.39 is 0 Å². The van der Waals surface area contributed by atoms with Crippen molar-refractivity contribution in [2.45, 2.75) is 37.0 Å². The van der Waals surface area contributed by atoms with Crippen molar-refractivity contribution in [2.24, 2.45) is 5.92 Å². The van der Waals surface area contributed by atoms with Gasteiger partial charge in [0.1, 0.15) is 5.75 Å². The quantitative estimate of drug-likeness (QED) is 0.832. The van der Waals surface area contributed by atoms with Crippen molar-refractivity contribution < 1.29 is 14.3 Å². The van der Waals surface area contributed by atoms with Gasteiger partial charge in [-0.2, -0.15) is 0 Å². The molecular formula is C19H24N2O3S. The van der Waals surface area contributed by atoms with Crippen LogP contribution in [0.2, 0.25) is 0 Å². The van der Waals surface area contributed by atoms with Gasteiger partial charge in [-0.05, 0) is 49.9 Å². The molecule has 25 heavy (non-hydrogen) atoms. The molecule has 4 rings (SSSR count). The van der Waals surface area contributed by atoms with Crippen molar-refractivity contribution in [1.82, 2.24) is 4.90 Å². The van der Waals surface area contributed by atoms with Gasteiger partial charge in [-0.3, -0.25) is 14.5 Å². The van der Waals surface area contributed by atoms with Crippen LogP contribution < -0.4 is 9.64 Å². The number of ether oxygens (including phenoxy) is 1. The van der Waals surface area contributed by atoms with Crippen LogP contribution in [-0.4, -0.2) is 47.5 Å². The Morgan fingerprint density at radius 3 is 2.44 bits per heavy atom. The second-order valence-corrected chi connectivity index (χ2v) is 8.45. The number of benzene rings is 1. The fourth-order valence-corrected chi connectivity index (χ4v) is 5.35. The molecular weight excluding hydrogens is 336 g/mol. The number of carbonyl (C=O) groups excluding carboxylic acids is 2. The van der Waals surface area contributed by atoms with Crippen LogP contribution in [0.3, 0.4) is 0 Å². The average molecular weight is 360 g/mol. The van der Waals surface area contributed by atoms with E-state index in [0.717, 1.165) is 50.2 Å². The molecule has 2 amide bonds. The van der Waals surface area contributed by atoms with E-state index >= 15 is 0 Å². The number of methoxy groups -OCH3 is 1. The number of carbonyl (C=O) groups is 2. The Kier molecular flexibility index (Phi) is 4.40. The second-order valence-electron chi connectivity index (χ2n) is 7.12. The highest BCUT2D eigenvalue weighted by Gasteiger charge is 2.49. The molecule has 5 nitrogen and oxygen atoms in total. The number of rotatable bonds is 3. The van der Waals surface area contributed by atoms with Crippen LogP contribution in [0.4, 0.5) is 5.69 Å². The SMILES string of the molecule is COc1ccc(N2C(=O)CSC23CCN(C(=O)C2CCC2)CC3)cc1. The van der Waals surface area contributed by atoms with E-state index in [1.165, 1.54) is 6.42 Å². The summed E-state index contributed by atoms with van der Waals surface area (Å²) in [5, 5.41) is 0. The van der Waals surface area contributed by atoms with Crippen molar-refractivity contribution in [3.8, 4) is 5.75 Å². The Morgan fingerprint density at radius 2 is 1.88 bits per heavy atom. The van der Waals surface area contributed by atoms with E-state index in [9.17, 15) is 9.59 Å². The van der Waals surface area contributed by atoms with Crippen LogP contribution >= 0.6 is 11.8 Å². The van der Waals surface area contributed by atoms with Gasteiger partial charge in [-0.15, -0.1) is 11.8 Å². The minimum absolute atomic E-state index is 0.161. The maximum absolute atomic E-state index is 12.6. The van der Waals surface area contributed by atoms with Gasteiger partial charge in [0.15, 0.2) is 0 Å². The zero-order valence-corrected chi connectivity index (χ0v) is 15.4. The highest BCUT2D eigenvalue weighted by Crippen LogP contribution is 2.47. The van der Waals surface area contributed by atoms with E-state index in [0.29, 0.717) is 11.7 Å². The van der Waals surface area contributed by atoms with E-state index in [1.807, 2.05) is 34.1 Å². The van der Waals surface area contributed by atoms with Gasteiger partial charge in [0.25, 0.3) is 0 Å². The fraction of sp³-hybridized carbons (Fsp3) is 0.579. The molecule has 1 aromatic carbocycles. The third kappa shape index (κ3) is 2.90. The number of piperidine rings is 1. The van der Waals surface area contributed by atoms with E-state index in [2.05, 4.69) is 0 Å². The lowest BCUT2D eigenvalue weighted by atomic mass is 9.84. The molecule has 1 spiro atoms. The number of nitrogens with zero attached hydrogens (tertiary/aromatic N) is 2. The molecule has 6 heteroatoms. The summed E-state index contributed by atoms with van der Waals surface area (Å²) in [4.78, 5) is 28.8. The van der Waals surface area contributed by atoms with Gasteiger partial charge in [0.2, 0.25) is 11.8 Å². The van der Waals surface area contributed by atoms with Gasteiger partial charge in [-0.1, -0.05) is 6.42 Å². The average Bonchev–Trinajstić information content (AvgIpc) is 2.90. The Balaban J connectivity index is 1.50. The van der Waals surface area contributed by atoms with Crippen molar-refractivity contribution in [3.63, 3.8) is 0 Å². The molecule has 0 unspecified atom stereocenters. The highest BCUT2D eigenvalue weighted by atomic mass is 32.2. The number of hydrogen-bond acceptors (Lipinski definition) is 4. The van der Waals surface area contributed by atoms with Gasteiger partial charge < -0.3 is 9.64 Å². The molecule has 0 aromatic heterocycles. The summed E-state index contributed by atoms with van der Waals surface area (Å²) < 4.78 is 5.22. The second kappa shape index (κ2) is 6.56. The maximum atomic E-state index is 12.6. The Bertz CT molecular complexity index is 664. The maximum Gasteiger partial charge on any atom is 0.238 e. The molecule has 3 fully saturated rings. The van der Waals surface area contributed by atoms with Gasteiger partial charge in [0.05, 0.1) is 17.7 Å². The third-order valence-corrected chi connectivity index (χ3v) is 7.28. The predicted molar refractivity (Wildman–Crippen MR) is 98.8 cm³/mol. The summed E-state index contributed by atoms with van der Waals surface area (Å²) in [6.07, 6.45) is 4.96. The van der Waals surface area contributed by atoms with Crippen molar-refractivity contribution in [2.75, 3.05) is 30.9 Å². The first-order chi connectivity index (χ1) is 12.1. The van der Waals surface area contributed by atoms with Gasteiger partial charge in [-0.25, -0.2) is 0 Å². The van der Waals surface area contributed by atoms with E-state index in [1.54, 1.807) is 18.9 Å². The predicted octanol–water partition coefficient (Wildman–Crippen LogP) is 2.89. The Labute approximate surface area is 152 Å². The first-order valence-electron chi connectivity index (χ1n) is 9.03. The lowest BCUT2D eigenvalue weighted by Crippen LogP contribution is -2.54. The summed E-state index contributed by atoms with van der Waals surface area (Å²) in [5.74, 6) is 2.05. The van der Waals surface area contributed by atoms with Crippen LogP contribution in [-0.2, 0) is 9.59 Å². The summed E-state index contributed by atoms with van der Waals surface area (Å²) in [5.41, 5.74) is 0.926. The van der Waals surface area contributed by atoms with E-state index in [-0.39, 0.29) is 16.7 Å². The van der Waals surface area contributed by atoms with Crippen molar-refractivity contribution in [1.29, 1.82) is 0 Å². The number of anilines is 1. The molecule has 0 radical (unpaired) electrons. The molecule has 3 aliphatic rings. The molecule has 1 saturated carbocycles. The molecule has 0 N–H and O–H groups in total.